The highest BCUT2D eigenvalue weighted by Crippen LogP contribution is 2.15. The van der Waals surface area contributed by atoms with Crippen LogP contribution < -0.4 is 5.43 Å². The molecule has 1 aliphatic heterocycles. The van der Waals surface area contributed by atoms with Gasteiger partial charge in [0, 0.05) is 6.54 Å². The van der Waals surface area contributed by atoms with Crippen molar-refractivity contribution in [1.82, 2.24) is 10.4 Å². The van der Waals surface area contributed by atoms with Crippen molar-refractivity contribution in [2.45, 2.75) is 6.54 Å². The van der Waals surface area contributed by atoms with Gasteiger partial charge in [-0.2, -0.15) is 0 Å². The zero-order chi connectivity index (χ0) is 10.7. The lowest BCUT2D eigenvalue weighted by molar-refractivity contribution is -0.126. The molecule has 1 saturated heterocycles. The number of benzene rings is 1. The summed E-state index contributed by atoms with van der Waals surface area (Å²) in [6.07, 6.45) is 0. The Hall–Kier alpha value is -1.33. The molecule has 5 heteroatoms. The maximum Gasteiger partial charge on any atom is 0.253 e. The van der Waals surface area contributed by atoms with Gasteiger partial charge in [-0.1, -0.05) is 42.1 Å². The molecule has 2 rings (SSSR count). The fraction of sp³-hybridized carbons (Fsp3) is 0.200. The lowest BCUT2D eigenvalue weighted by atomic mass is 10.2. The maximum atomic E-state index is 11.3. The molecule has 0 spiro atoms. The smallest absolute Gasteiger partial charge is 0.253 e. The molecule has 1 amide bonds. The average molecular weight is 221 g/mol. The van der Waals surface area contributed by atoms with Gasteiger partial charge in [0.25, 0.3) is 5.91 Å². The van der Waals surface area contributed by atoms with Gasteiger partial charge in [0.15, 0.2) is 5.17 Å². The predicted octanol–water partition coefficient (Wildman–Crippen LogP) is 1.20. The number of rotatable bonds is 3. The molecule has 1 aromatic rings. The first-order valence-corrected chi connectivity index (χ1v) is 5.57. The second-order valence-electron chi connectivity index (χ2n) is 3.14. The second kappa shape index (κ2) is 4.46. The summed E-state index contributed by atoms with van der Waals surface area (Å²) in [6, 6.07) is 9.79. The quantitative estimate of drug-likeness (QED) is 0.806. The SMILES string of the molecule is N=C1SCC(=O)N1NCc1ccccc1. The van der Waals surface area contributed by atoms with Crippen LogP contribution in [-0.4, -0.2) is 21.8 Å². The molecule has 2 N–H and O–H groups in total. The Labute approximate surface area is 92.1 Å². The van der Waals surface area contributed by atoms with Crippen molar-refractivity contribution in [3.63, 3.8) is 0 Å². The molecule has 1 fully saturated rings. The van der Waals surface area contributed by atoms with Crippen LogP contribution in [-0.2, 0) is 11.3 Å². The fourth-order valence-corrected chi connectivity index (χ4v) is 1.98. The van der Waals surface area contributed by atoms with Crippen LogP contribution in [0.15, 0.2) is 30.3 Å². The van der Waals surface area contributed by atoms with E-state index in [4.69, 9.17) is 5.41 Å². The number of nitrogens with one attached hydrogen (secondary N) is 2. The summed E-state index contributed by atoms with van der Waals surface area (Å²) in [7, 11) is 0. The van der Waals surface area contributed by atoms with Gasteiger partial charge in [0.05, 0.1) is 5.75 Å². The van der Waals surface area contributed by atoms with Crippen LogP contribution in [0.3, 0.4) is 0 Å². The van der Waals surface area contributed by atoms with Crippen LogP contribution in [0.4, 0.5) is 0 Å². The molecule has 0 saturated carbocycles. The first-order chi connectivity index (χ1) is 7.27. The van der Waals surface area contributed by atoms with Crippen LogP contribution in [0.25, 0.3) is 0 Å². The van der Waals surface area contributed by atoms with E-state index in [-0.39, 0.29) is 11.1 Å². The molecular formula is C10H11N3OS. The van der Waals surface area contributed by atoms with Gasteiger partial charge in [-0.05, 0) is 5.56 Å². The molecule has 0 bridgehead atoms. The van der Waals surface area contributed by atoms with Gasteiger partial charge >= 0.3 is 0 Å². The molecule has 0 unspecified atom stereocenters. The fourth-order valence-electron chi connectivity index (χ4n) is 1.30. The monoisotopic (exact) mass is 221 g/mol. The highest BCUT2D eigenvalue weighted by molar-refractivity contribution is 8.14. The Balaban J connectivity index is 1.93. The van der Waals surface area contributed by atoms with Crippen LogP contribution in [0, 0.1) is 5.41 Å². The van der Waals surface area contributed by atoms with E-state index in [0.717, 1.165) is 5.56 Å². The minimum Gasteiger partial charge on any atom is -0.277 e. The maximum absolute atomic E-state index is 11.3. The van der Waals surface area contributed by atoms with Gasteiger partial charge in [-0.3, -0.25) is 10.2 Å². The van der Waals surface area contributed by atoms with E-state index in [1.54, 1.807) is 0 Å². The number of amides is 1. The molecule has 78 valence electrons. The molecule has 1 aliphatic rings. The largest absolute Gasteiger partial charge is 0.277 e. The first-order valence-electron chi connectivity index (χ1n) is 4.59. The van der Waals surface area contributed by atoms with Crippen molar-refractivity contribution in [2.75, 3.05) is 5.75 Å². The number of amidine groups is 1. The van der Waals surface area contributed by atoms with Crippen molar-refractivity contribution >= 4 is 22.8 Å². The van der Waals surface area contributed by atoms with Crippen molar-refractivity contribution < 1.29 is 4.79 Å². The molecule has 0 aliphatic carbocycles. The lowest BCUT2D eigenvalue weighted by Crippen LogP contribution is -2.41. The van der Waals surface area contributed by atoms with E-state index >= 15 is 0 Å². The number of carbonyl (C=O) groups excluding carboxylic acids is 1. The van der Waals surface area contributed by atoms with Crippen molar-refractivity contribution in [3.8, 4) is 0 Å². The number of nitrogens with zero attached hydrogens (tertiary/aromatic N) is 1. The van der Waals surface area contributed by atoms with Gasteiger partial charge in [0.1, 0.15) is 0 Å². The minimum absolute atomic E-state index is 0.0547. The van der Waals surface area contributed by atoms with Gasteiger partial charge < -0.3 is 0 Å². The van der Waals surface area contributed by atoms with Crippen LogP contribution in [0.1, 0.15) is 5.56 Å². The summed E-state index contributed by atoms with van der Waals surface area (Å²) in [5.41, 5.74) is 4.03. The number of hydrazine groups is 1. The molecule has 15 heavy (non-hydrogen) atoms. The molecular weight excluding hydrogens is 210 g/mol. The minimum atomic E-state index is -0.0547. The summed E-state index contributed by atoms with van der Waals surface area (Å²) >= 11 is 1.25. The molecule has 1 heterocycles. The third-order valence-electron chi connectivity index (χ3n) is 2.07. The van der Waals surface area contributed by atoms with E-state index in [2.05, 4.69) is 5.43 Å². The van der Waals surface area contributed by atoms with Gasteiger partial charge in [-0.15, -0.1) is 0 Å². The summed E-state index contributed by atoms with van der Waals surface area (Å²) in [6.45, 7) is 0.565. The zero-order valence-corrected chi connectivity index (χ0v) is 8.88. The summed E-state index contributed by atoms with van der Waals surface area (Å²) in [4.78, 5) is 11.3. The molecule has 1 aromatic carbocycles. The average Bonchev–Trinajstić information content (AvgIpc) is 2.58. The normalized spacial score (nSPS) is 16.1. The number of thioether (sulfide) groups is 1. The summed E-state index contributed by atoms with van der Waals surface area (Å²) in [5.74, 6) is 0.307. The van der Waals surface area contributed by atoms with Gasteiger partial charge in [-0.25, -0.2) is 10.4 Å². The van der Waals surface area contributed by atoms with E-state index in [0.29, 0.717) is 12.3 Å². The van der Waals surface area contributed by atoms with E-state index in [1.165, 1.54) is 16.8 Å². The van der Waals surface area contributed by atoms with Gasteiger partial charge in [0.2, 0.25) is 0 Å². The van der Waals surface area contributed by atoms with Crippen molar-refractivity contribution in [3.05, 3.63) is 35.9 Å². The molecule has 4 nitrogen and oxygen atoms in total. The zero-order valence-electron chi connectivity index (χ0n) is 8.06. The van der Waals surface area contributed by atoms with E-state index in [9.17, 15) is 4.79 Å². The Morgan fingerprint density at radius 1 is 1.40 bits per heavy atom. The molecule has 0 radical (unpaired) electrons. The highest BCUT2D eigenvalue weighted by Gasteiger charge is 2.26. The Bertz CT molecular complexity index is 364. The Kier molecular flexibility index (Phi) is 3.03. The van der Waals surface area contributed by atoms with Crippen LogP contribution in [0.2, 0.25) is 0 Å². The van der Waals surface area contributed by atoms with Crippen LogP contribution >= 0.6 is 11.8 Å². The summed E-state index contributed by atoms with van der Waals surface area (Å²) in [5, 5.41) is 9.08. The number of hydrogen-bond acceptors (Lipinski definition) is 4. The van der Waals surface area contributed by atoms with Crippen LogP contribution in [0.5, 0.6) is 0 Å². The van der Waals surface area contributed by atoms with E-state index < -0.39 is 0 Å². The number of carbonyl (C=O) groups is 1. The standard InChI is InChI=1S/C10H11N3OS/c11-10-13(9(14)7-15-10)12-6-8-4-2-1-3-5-8/h1-5,11-12H,6-7H2. The summed E-state index contributed by atoms with van der Waals surface area (Å²) < 4.78 is 0. The topological polar surface area (TPSA) is 56.2 Å². The van der Waals surface area contributed by atoms with Crippen molar-refractivity contribution in [2.24, 2.45) is 0 Å². The first kappa shape index (κ1) is 10.2. The Morgan fingerprint density at radius 3 is 2.73 bits per heavy atom. The van der Waals surface area contributed by atoms with Crippen molar-refractivity contribution in [1.29, 1.82) is 5.41 Å². The molecule has 0 atom stereocenters. The lowest BCUT2D eigenvalue weighted by Gasteiger charge is -2.15. The second-order valence-corrected chi connectivity index (χ2v) is 4.11. The molecule has 0 aromatic heterocycles. The highest BCUT2D eigenvalue weighted by atomic mass is 32.2. The third-order valence-corrected chi connectivity index (χ3v) is 2.92. The number of hydrogen-bond donors (Lipinski definition) is 2. The van der Waals surface area contributed by atoms with E-state index in [1.807, 2.05) is 30.3 Å². The Morgan fingerprint density at radius 2 is 2.13 bits per heavy atom. The third kappa shape index (κ3) is 2.37. The predicted molar refractivity (Wildman–Crippen MR) is 60.3 cm³/mol.